The molecular weight excluding hydrogens is 200 g/mol. The Bertz CT molecular complexity index is 187. The predicted molar refractivity (Wildman–Crippen MR) is 67.4 cm³/mol. The van der Waals surface area contributed by atoms with Gasteiger partial charge in [0.15, 0.2) is 0 Å². The van der Waals surface area contributed by atoms with E-state index < -0.39 is 0 Å². The first-order valence-corrected chi connectivity index (χ1v) is 6.71. The number of aliphatic hydroxyl groups is 1. The second kappa shape index (κ2) is 6.02. The molecule has 16 heavy (non-hydrogen) atoms. The van der Waals surface area contributed by atoms with E-state index >= 15 is 0 Å². The lowest BCUT2D eigenvalue weighted by Gasteiger charge is -2.38. The number of hydrogen-bond acceptors (Lipinski definition) is 2. The van der Waals surface area contributed by atoms with E-state index in [0.717, 1.165) is 18.8 Å². The van der Waals surface area contributed by atoms with Gasteiger partial charge in [-0.3, -0.25) is 0 Å². The molecule has 1 aliphatic carbocycles. The van der Waals surface area contributed by atoms with Gasteiger partial charge in [-0.1, -0.05) is 20.8 Å². The van der Waals surface area contributed by atoms with Crippen LogP contribution in [0.25, 0.3) is 0 Å². The molecular formula is C14H28O2. The van der Waals surface area contributed by atoms with Crippen LogP contribution in [0.3, 0.4) is 0 Å². The smallest absolute Gasteiger partial charge is 0.0801 e. The average Bonchev–Trinajstić information content (AvgIpc) is 2.25. The molecule has 0 amide bonds. The third kappa shape index (κ3) is 4.06. The van der Waals surface area contributed by atoms with Crippen LogP contribution >= 0.6 is 0 Å². The van der Waals surface area contributed by atoms with Crippen molar-refractivity contribution in [3.63, 3.8) is 0 Å². The summed E-state index contributed by atoms with van der Waals surface area (Å²) in [5.74, 6) is 1.29. The van der Waals surface area contributed by atoms with Gasteiger partial charge < -0.3 is 9.84 Å². The van der Waals surface area contributed by atoms with E-state index in [0.29, 0.717) is 24.5 Å². The third-order valence-electron chi connectivity index (χ3n) is 4.03. The van der Waals surface area contributed by atoms with Crippen LogP contribution in [0.2, 0.25) is 0 Å². The zero-order chi connectivity index (χ0) is 12.2. The van der Waals surface area contributed by atoms with Crippen molar-refractivity contribution < 1.29 is 9.84 Å². The number of hydrogen-bond donors (Lipinski definition) is 1. The van der Waals surface area contributed by atoms with Gasteiger partial charge in [-0.2, -0.15) is 0 Å². The fourth-order valence-corrected chi connectivity index (χ4v) is 2.74. The van der Waals surface area contributed by atoms with Crippen molar-refractivity contribution in [2.24, 2.45) is 17.3 Å². The lowest BCUT2D eigenvalue weighted by molar-refractivity contribution is -0.0115. The van der Waals surface area contributed by atoms with Crippen LogP contribution in [0, 0.1) is 17.3 Å². The first kappa shape index (κ1) is 14.0. The minimum atomic E-state index is -0.249. The quantitative estimate of drug-likeness (QED) is 0.800. The molecule has 2 heteroatoms. The van der Waals surface area contributed by atoms with E-state index in [4.69, 9.17) is 4.74 Å². The number of aliphatic hydroxyl groups excluding tert-OH is 1. The summed E-state index contributed by atoms with van der Waals surface area (Å²) in [5, 5.41) is 9.97. The van der Waals surface area contributed by atoms with Crippen molar-refractivity contribution in [1.82, 2.24) is 0 Å². The summed E-state index contributed by atoms with van der Waals surface area (Å²) in [4.78, 5) is 0. The Kier molecular flexibility index (Phi) is 5.26. The maximum absolute atomic E-state index is 9.97. The maximum Gasteiger partial charge on any atom is 0.0801 e. The molecule has 0 aromatic heterocycles. The van der Waals surface area contributed by atoms with Crippen molar-refractivity contribution in [2.75, 3.05) is 13.2 Å². The van der Waals surface area contributed by atoms with Crippen molar-refractivity contribution in [3.8, 4) is 0 Å². The molecule has 1 fully saturated rings. The minimum absolute atomic E-state index is 0.249. The van der Waals surface area contributed by atoms with Gasteiger partial charge in [0.05, 0.1) is 12.7 Å². The Labute approximate surface area is 100 Å². The van der Waals surface area contributed by atoms with E-state index in [-0.39, 0.29) is 6.10 Å². The molecule has 0 bridgehead atoms. The van der Waals surface area contributed by atoms with E-state index in [2.05, 4.69) is 20.8 Å². The standard InChI is InChI=1S/C14H28O2/c1-5-16-10-13(15)11-6-8-12(9-7-11)14(2,3)4/h11-13,15H,5-10H2,1-4H3. The Morgan fingerprint density at radius 1 is 1.19 bits per heavy atom. The molecule has 0 heterocycles. The van der Waals surface area contributed by atoms with Crippen LogP contribution in [-0.2, 0) is 4.74 Å². The van der Waals surface area contributed by atoms with Gasteiger partial charge in [-0.05, 0) is 49.9 Å². The van der Waals surface area contributed by atoms with Gasteiger partial charge in [0.2, 0.25) is 0 Å². The lowest BCUT2D eigenvalue weighted by atomic mass is 9.69. The predicted octanol–water partition coefficient (Wildman–Crippen LogP) is 3.24. The van der Waals surface area contributed by atoms with E-state index in [1.807, 2.05) is 6.92 Å². The molecule has 2 nitrogen and oxygen atoms in total. The molecule has 1 atom stereocenters. The topological polar surface area (TPSA) is 29.5 Å². The zero-order valence-electron chi connectivity index (χ0n) is 11.3. The molecule has 1 unspecified atom stereocenters. The van der Waals surface area contributed by atoms with Gasteiger partial charge >= 0.3 is 0 Å². The highest BCUT2D eigenvalue weighted by Crippen LogP contribution is 2.40. The normalized spacial score (nSPS) is 29.1. The van der Waals surface area contributed by atoms with Crippen LogP contribution < -0.4 is 0 Å². The molecule has 0 aromatic carbocycles. The first-order chi connectivity index (χ1) is 7.45. The molecule has 0 aromatic rings. The molecule has 1 N–H and O–H groups in total. The Balaban J connectivity index is 2.31. The summed E-state index contributed by atoms with van der Waals surface area (Å²) in [6.07, 6.45) is 4.60. The van der Waals surface area contributed by atoms with Gasteiger partial charge in [0.25, 0.3) is 0 Å². The summed E-state index contributed by atoms with van der Waals surface area (Å²) < 4.78 is 5.29. The van der Waals surface area contributed by atoms with Crippen LogP contribution in [-0.4, -0.2) is 24.4 Å². The van der Waals surface area contributed by atoms with Gasteiger partial charge in [0.1, 0.15) is 0 Å². The van der Waals surface area contributed by atoms with Crippen molar-refractivity contribution in [3.05, 3.63) is 0 Å². The molecule has 0 aliphatic heterocycles. The number of rotatable bonds is 4. The van der Waals surface area contributed by atoms with Gasteiger partial charge in [-0.25, -0.2) is 0 Å². The maximum atomic E-state index is 9.97. The largest absolute Gasteiger partial charge is 0.390 e. The summed E-state index contributed by atoms with van der Waals surface area (Å²) in [7, 11) is 0. The number of ether oxygens (including phenoxy) is 1. The van der Waals surface area contributed by atoms with E-state index in [9.17, 15) is 5.11 Å². The summed E-state index contributed by atoms with van der Waals surface area (Å²) in [5.41, 5.74) is 0.426. The van der Waals surface area contributed by atoms with Crippen molar-refractivity contribution >= 4 is 0 Å². The Morgan fingerprint density at radius 2 is 1.75 bits per heavy atom. The minimum Gasteiger partial charge on any atom is -0.390 e. The highest BCUT2D eigenvalue weighted by atomic mass is 16.5. The molecule has 1 saturated carbocycles. The summed E-state index contributed by atoms with van der Waals surface area (Å²) >= 11 is 0. The highest BCUT2D eigenvalue weighted by Gasteiger charge is 2.32. The SMILES string of the molecule is CCOCC(O)C1CCC(C(C)(C)C)CC1. The van der Waals surface area contributed by atoms with E-state index in [1.165, 1.54) is 12.8 Å². The van der Waals surface area contributed by atoms with Crippen LogP contribution in [0.15, 0.2) is 0 Å². The van der Waals surface area contributed by atoms with Gasteiger partial charge in [0, 0.05) is 6.61 Å². The third-order valence-corrected chi connectivity index (χ3v) is 4.03. The lowest BCUT2D eigenvalue weighted by Crippen LogP contribution is -2.33. The van der Waals surface area contributed by atoms with Crippen LogP contribution in [0.1, 0.15) is 53.4 Å². The van der Waals surface area contributed by atoms with Gasteiger partial charge in [-0.15, -0.1) is 0 Å². The zero-order valence-corrected chi connectivity index (χ0v) is 11.3. The fourth-order valence-electron chi connectivity index (χ4n) is 2.74. The summed E-state index contributed by atoms with van der Waals surface area (Å²) in [6.45, 7) is 10.2. The average molecular weight is 228 g/mol. The molecule has 0 spiro atoms. The Morgan fingerprint density at radius 3 is 2.19 bits per heavy atom. The molecule has 96 valence electrons. The fraction of sp³-hybridized carbons (Fsp3) is 1.00. The van der Waals surface area contributed by atoms with E-state index in [1.54, 1.807) is 0 Å². The van der Waals surface area contributed by atoms with Crippen molar-refractivity contribution in [1.29, 1.82) is 0 Å². The molecule has 1 rings (SSSR count). The summed E-state index contributed by atoms with van der Waals surface area (Å²) in [6, 6.07) is 0. The monoisotopic (exact) mass is 228 g/mol. The first-order valence-electron chi connectivity index (χ1n) is 6.71. The molecule has 0 radical (unpaired) electrons. The second-order valence-electron chi connectivity index (χ2n) is 6.20. The van der Waals surface area contributed by atoms with Crippen LogP contribution in [0.4, 0.5) is 0 Å². The Hall–Kier alpha value is -0.0800. The van der Waals surface area contributed by atoms with Crippen molar-refractivity contribution in [2.45, 2.75) is 59.5 Å². The molecule has 1 aliphatic rings. The second-order valence-corrected chi connectivity index (χ2v) is 6.20. The molecule has 0 saturated heterocycles. The highest BCUT2D eigenvalue weighted by molar-refractivity contribution is 4.83. The van der Waals surface area contributed by atoms with Crippen LogP contribution in [0.5, 0.6) is 0 Å².